The number of rotatable bonds is 5. The minimum absolute atomic E-state index is 0.0435. The minimum atomic E-state index is -3.28. The fraction of sp³-hybridized carbons (Fsp3) is 0.562. The van der Waals surface area contributed by atoms with Gasteiger partial charge in [0.1, 0.15) is 0 Å². The van der Waals surface area contributed by atoms with Crippen LogP contribution >= 0.6 is 0 Å². The number of nitrogens with zero attached hydrogens (tertiary/aromatic N) is 2. The van der Waals surface area contributed by atoms with Crippen LogP contribution in [0.15, 0.2) is 24.3 Å². The Labute approximate surface area is 138 Å². The topological polar surface area (TPSA) is 69.7 Å². The largest absolute Gasteiger partial charge is 0.349 e. The van der Waals surface area contributed by atoms with E-state index in [0.29, 0.717) is 11.3 Å². The SMILES string of the molecule is CCS(=O)(=O)N(C)c1ccc(C(=O)NC2CCN(C)CC2)cc1. The number of benzene rings is 1. The van der Waals surface area contributed by atoms with Gasteiger partial charge in [-0.2, -0.15) is 0 Å². The second-order valence-electron chi connectivity index (χ2n) is 5.97. The average molecular weight is 339 g/mol. The van der Waals surface area contributed by atoms with E-state index in [1.165, 1.54) is 11.4 Å². The number of sulfonamides is 1. The molecule has 0 bridgehead atoms. The van der Waals surface area contributed by atoms with Gasteiger partial charge in [-0.3, -0.25) is 9.10 Å². The first-order valence-electron chi connectivity index (χ1n) is 7.89. The molecule has 128 valence electrons. The third-order valence-corrected chi connectivity index (χ3v) is 6.10. The maximum atomic E-state index is 12.3. The molecule has 1 aromatic carbocycles. The first kappa shape index (κ1) is 17.7. The van der Waals surface area contributed by atoms with Crippen LogP contribution in [0.4, 0.5) is 5.69 Å². The van der Waals surface area contributed by atoms with Crippen molar-refractivity contribution in [3.05, 3.63) is 29.8 Å². The Morgan fingerprint density at radius 2 is 1.83 bits per heavy atom. The zero-order chi connectivity index (χ0) is 17.0. The van der Waals surface area contributed by atoms with E-state index in [-0.39, 0.29) is 17.7 Å². The number of hydrogen-bond donors (Lipinski definition) is 1. The number of carbonyl (C=O) groups is 1. The van der Waals surface area contributed by atoms with Crippen LogP contribution < -0.4 is 9.62 Å². The van der Waals surface area contributed by atoms with Crippen LogP contribution in [0.5, 0.6) is 0 Å². The monoisotopic (exact) mass is 339 g/mol. The molecule has 2 rings (SSSR count). The molecule has 1 aromatic rings. The van der Waals surface area contributed by atoms with Crippen molar-refractivity contribution < 1.29 is 13.2 Å². The van der Waals surface area contributed by atoms with E-state index >= 15 is 0 Å². The molecule has 0 radical (unpaired) electrons. The van der Waals surface area contributed by atoms with E-state index in [2.05, 4.69) is 17.3 Å². The number of hydrogen-bond acceptors (Lipinski definition) is 4. The van der Waals surface area contributed by atoms with Gasteiger partial charge in [-0.15, -0.1) is 0 Å². The molecule has 1 amide bonds. The smallest absolute Gasteiger partial charge is 0.251 e. The van der Waals surface area contributed by atoms with Gasteiger partial charge in [-0.1, -0.05) is 0 Å². The molecule has 0 aliphatic carbocycles. The zero-order valence-electron chi connectivity index (χ0n) is 13.9. The number of likely N-dealkylation sites (tertiary alicyclic amines) is 1. The number of anilines is 1. The normalized spacial score (nSPS) is 17.0. The summed E-state index contributed by atoms with van der Waals surface area (Å²) in [5, 5.41) is 3.05. The number of nitrogens with one attached hydrogen (secondary N) is 1. The van der Waals surface area contributed by atoms with Gasteiger partial charge < -0.3 is 10.2 Å². The van der Waals surface area contributed by atoms with Crippen LogP contribution in [-0.4, -0.2) is 58.2 Å². The molecule has 0 aromatic heterocycles. The van der Waals surface area contributed by atoms with E-state index in [9.17, 15) is 13.2 Å². The summed E-state index contributed by atoms with van der Waals surface area (Å²) in [6, 6.07) is 6.87. The van der Waals surface area contributed by atoms with E-state index in [1.807, 2.05) is 0 Å². The van der Waals surface area contributed by atoms with Crippen LogP contribution in [0.25, 0.3) is 0 Å². The summed E-state index contributed by atoms with van der Waals surface area (Å²) < 4.78 is 24.9. The lowest BCUT2D eigenvalue weighted by molar-refractivity contribution is 0.0917. The van der Waals surface area contributed by atoms with Gasteiger partial charge in [0.2, 0.25) is 10.0 Å². The van der Waals surface area contributed by atoms with E-state index in [0.717, 1.165) is 25.9 Å². The summed E-state index contributed by atoms with van der Waals surface area (Å²) in [5.74, 6) is -0.0610. The van der Waals surface area contributed by atoms with Crippen LogP contribution in [-0.2, 0) is 10.0 Å². The van der Waals surface area contributed by atoms with Crippen molar-refractivity contribution >= 4 is 21.6 Å². The predicted octanol–water partition coefficient (Wildman–Crippen LogP) is 1.30. The fourth-order valence-corrected chi connectivity index (χ4v) is 3.43. The van der Waals surface area contributed by atoms with Crippen LogP contribution in [0, 0.1) is 0 Å². The van der Waals surface area contributed by atoms with Crippen molar-refractivity contribution in [3.63, 3.8) is 0 Å². The first-order valence-corrected chi connectivity index (χ1v) is 9.50. The molecule has 1 N–H and O–H groups in total. The summed E-state index contributed by atoms with van der Waals surface area (Å²) in [5.41, 5.74) is 1.11. The summed E-state index contributed by atoms with van der Waals surface area (Å²) >= 11 is 0. The van der Waals surface area contributed by atoms with Gasteiger partial charge >= 0.3 is 0 Å². The molecule has 1 aliphatic rings. The van der Waals surface area contributed by atoms with Crippen molar-refractivity contribution in [1.29, 1.82) is 0 Å². The first-order chi connectivity index (χ1) is 10.8. The van der Waals surface area contributed by atoms with Crippen molar-refractivity contribution in [2.75, 3.05) is 37.2 Å². The molecule has 1 saturated heterocycles. The standard InChI is InChI=1S/C16H25N3O3S/c1-4-23(21,22)19(3)15-7-5-13(6-8-15)16(20)17-14-9-11-18(2)12-10-14/h5-8,14H,4,9-12H2,1-3H3,(H,17,20). The second-order valence-corrected chi connectivity index (χ2v) is 8.25. The Morgan fingerprint density at radius 1 is 1.26 bits per heavy atom. The van der Waals surface area contributed by atoms with Crippen LogP contribution in [0.1, 0.15) is 30.1 Å². The van der Waals surface area contributed by atoms with Gasteiger partial charge in [0.15, 0.2) is 0 Å². The Morgan fingerprint density at radius 3 is 2.35 bits per heavy atom. The molecule has 0 saturated carbocycles. The summed E-state index contributed by atoms with van der Waals surface area (Å²) in [6.07, 6.45) is 1.91. The average Bonchev–Trinajstić information content (AvgIpc) is 2.56. The molecule has 0 atom stereocenters. The highest BCUT2D eigenvalue weighted by Gasteiger charge is 2.20. The highest BCUT2D eigenvalue weighted by atomic mass is 32.2. The van der Waals surface area contributed by atoms with Crippen molar-refractivity contribution in [3.8, 4) is 0 Å². The van der Waals surface area contributed by atoms with Gasteiger partial charge in [0.25, 0.3) is 5.91 Å². The molecule has 0 spiro atoms. The molecule has 1 heterocycles. The number of amides is 1. The molecule has 6 nitrogen and oxygen atoms in total. The van der Waals surface area contributed by atoms with Gasteiger partial charge in [0, 0.05) is 18.7 Å². The lowest BCUT2D eigenvalue weighted by Gasteiger charge is -2.29. The van der Waals surface area contributed by atoms with E-state index in [4.69, 9.17) is 0 Å². The lowest BCUT2D eigenvalue weighted by atomic mass is 10.0. The highest BCUT2D eigenvalue weighted by Crippen LogP contribution is 2.18. The summed E-state index contributed by atoms with van der Waals surface area (Å²) in [6.45, 7) is 3.59. The molecule has 23 heavy (non-hydrogen) atoms. The van der Waals surface area contributed by atoms with Crippen molar-refractivity contribution in [2.24, 2.45) is 0 Å². The molecule has 0 unspecified atom stereocenters. The number of carbonyl (C=O) groups excluding carboxylic acids is 1. The van der Waals surface area contributed by atoms with Crippen LogP contribution in [0.2, 0.25) is 0 Å². The molecule has 1 aliphatic heterocycles. The van der Waals surface area contributed by atoms with Crippen molar-refractivity contribution in [2.45, 2.75) is 25.8 Å². The van der Waals surface area contributed by atoms with E-state index < -0.39 is 10.0 Å². The van der Waals surface area contributed by atoms with Gasteiger partial charge in [-0.25, -0.2) is 8.42 Å². The predicted molar refractivity (Wildman–Crippen MR) is 92.3 cm³/mol. The lowest BCUT2D eigenvalue weighted by Crippen LogP contribution is -2.43. The molecule has 7 heteroatoms. The summed E-state index contributed by atoms with van der Waals surface area (Å²) in [4.78, 5) is 14.5. The Bertz CT molecular complexity index is 635. The Balaban J connectivity index is 2.00. The molecular weight excluding hydrogens is 314 g/mol. The maximum absolute atomic E-state index is 12.3. The Kier molecular flexibility index (Phi) is 5.64. The highest BCUT2D eigenvalue weighted by molar-refractivity contribution is 7.92. The fourth-order valence-electron chi connectivity index (χ4n) is 2.60. The Hall–Kier alpha value is -1.60. The number of piperidine rings is 1. The second kappa shape index (κ2) is 7.31. The quantitative estimate of drug-likeness (QED) is 0.878. The van der Waals surface area contributed by atoms with Gasteiger partial charge in [-0.05, 0) is 64.2 Å². The third kappa shape index (κ3) is 4.45. The van der Waals surface area contributed by atoms with E-state index in [1.54, 1.807) is 31.2 Å². The zero-order valence-corrected chi connectivity index (χ0v) is 14.8. The third-order valence-electron chi connectivity index (χ3n) is 4.33. The molecule has 1 fully saturated rings. The van der Waals surface area contributed by atoms with Crippen molar-refractivity contribution in [1.82, 2.24) is 10.2 Å². The van der Waals surface area contributed by atoms with Crippen LogP contribution in [0.3, 0.4) is 0 Å². The van der Waals surface area contributed by atoms with Gasteiger partial charge in [0.05, 0.1) is 11.4 Å². The molecular formula is C16H25N3O3S. The summed E-state index contributed by atoms with van der Waals surface area (Å²) in [7, 11) is 0.317. The minimum Gasteiger partial charge on any atom is -0.349 e. The maximum Gasteiger partial charge on any atom is 0.251 e.